The number of nitrogens with zero attached hydrogens (tertiary/aromatic N) is 2. The van der Waals surface area contributed by atoms with E-state index in [9.17, 15) is 0 Å². The second-order valence-electron chi connectivity index (χ2n) is 5.65. The van der Waals surface area contributed by atoms with Crippen molar-refractivity contribution in [2.24, 2.45) is 0 Å². The molecule has 4 heteroatoms. The van der Waals surface area contributed by atoms with Crippen LogP contribution < -0.4 is 10.6 Å². The van der Waals surface area contributed by atoms with E-state index >= 15 is 0 Å². The molecule has 0 aromatic carbocycles. The van der Waals surface area contributed by atoms with Gasteiger partial charge in [0.1, 0.15) is 18.0 Å². The first-order chi connectivity index (χ1) is 9.22. The van der Waals surface area contributed by atoms with Crippen molar-refractivity contribution >= 4 is 11.6 Å². The molecule has 2 rings (SSSR count). The fourth-order valence-corrected chi connectivity index (χ4v) is 2.81. The largest absolute Gasteiger partial charge is 0.370 e. The van der Waals surface area contributed by atoms with E-state index in [2.05, 4.69) is 41.4 Å². The second kappa shape index (κ2) is 6.73. The summed E-state index contributed by atoms with van der Waals surface area (Å²) in [5.41, 5.74) is 1.22. The number of nitrogens with one attached hydrogen (secondary N) is 2. The van der Waals surface area contributed by atoms with Crippen molar-refractivity contribution in [3.05, 3.63) is 11.9 Å². The van der Waals surface area contributed by atoms with Crippen LogP contribution in [0.15, 0.2) is 6.33 Å². The molecule has 1 heterocycles. The molecule has 4 nitrogen and oxygen atoms in total. The Morgan fingerprint density at radius 1 is 1.16 bits per heavy atom. The standard InChI is InChI=1S/C15H26N4/c1-4-16-14-13(11(2)3)15(18-10-17-14)19-12-8-6-5-7-9-12/h10-12H,4-9H2,1-3H3,(H2,16,17,18,19). The molecule has 1 aliphatic carbocycles. The Labute approximate surface area is 116 Å². The topological polar surface area (TPSA) is 49.8 Å². The summed E-state index contributed by atoms with van der Waals surface area (Å²) in [4.78, 5) is 8.86. The molecule has 1 fully saturated rings. The van der Waals surface area contributed by atoms with Crippen LogP contribution in [-0.2, 0) is 0 Å². The van der Waals surface area contributed by atoms with Crippen molar-refractivity contribution < 1.29 is 0 Å². The van der Waals surface area contributed by atoms with Gasteiger partial charge >= 0.3 is 0 Å². The Balaban J connectivity index is 2.20. The molecule has 2 N–H and O–H groups in total. The zero-order valence-corrected chi connectivity index (χ0v) is 12.4. The molecule has 0 bridgehead atoms. The first kappa shape index (κ1) is 14.1. The maximum absolute atomic E-state index is 4.47. The minimum Gasteiger partial charge on any atom is -0.370 e. The number of rotatable bonds is 5. The smallest absolute Gasteiger partial charge is 0.135 e. The molecule has 0 atom stereocenters. The van der Waals surface area contributed by atoms with E-state index in [0.29, 0.717) is 12.0 Å². The quantitative estimate of drug-likeness (QED) is 0.848. The highest BCUT2D eigenvalue weighted by atomic mass is 15.1. The van der Waals surface area contributed by atoms with Gasteiger partial charge in [-0.1, -0.05) is 33.1 Å². The van der Waals surface area contributed by atoms with Crippen LogP contribution in [0.25, 0.3) is 0 Å². The number of hydrogen-bond donors (Lipinski definition) is 2. The average molecular weight is 262 g/mol. The third-order valence-electron chi connectivity index (χ3n) is 3.75. The Kier molecular flexibility index (Phi) is 5.00. The van der Waals surface area contributed by atoms with Crippen LogP contribution in [0.3, 0.4) is 0 Å². The number of anilines is 2. The van der Waals surface area contributed by atoms with Gasteiger partial charge in [-0.2, -0.15) is 0 Å². The number of hydrogen-bond acceptors (Lipinski definition) is 4. The SMILES string of the molecule is CCNc1ncnc(NC2CCCCC2)c1C(C)C. The molecule has 106 valence electrons. The summed E-state index contributed by atoms with van der Waals surface area (Å²) >= 11 is 0. The first-order valence-electron chi connectivity index (χ1n) is 7.57. The van der Waals surface area contributed by atoms with Crippen LogP contribution in [0.2, 0.25) is 0 Å². The summed E-state index contributed by atoms with van der Waals surface area (Å²) < 4.78 is 0. The van der Waals surface area contributed by atoms with Crippen LogP contribution in [0, 0.1) is 0 Å². The van der Waals surface area contributed by atoms with Crippen LogP contribution >= 0.6 is 0 Å². The molecule has 1 aromatic heterocycles. The predicted molar refractivity (Wildman–Crippen MR) is 80.8 cm³/mol. The van der Waals surface area contributed by atoms with Crippen molar-refractivity contribution in [1.29, 1.82) is 0 Å². The molecule has 1 aliphatic rings. The molecule has 1 saturated carbocycles. The Hall–Kier alpha value is -1.32. The van der Waals surface area contributed by atoms with E-state index in [1.54, 1.807) is 6.33 Å². The highest BCUT2D eigenvalue weighted by molar-refractivity contribution is 5.59. The van der Waals surface area contributed by atoms with E-state index in [0.717, 1.165) is 18.2 Å². The molecule has 0 spiro atoms. The van der Waals surface area contributed by atoms with Gasteiger partial charge in [0.25, 0.3) is 0 Å². The summed E-state index contributed by atoms with van der Waals surface area (Å²) in [5, 5.41) is 6.98. The maximum Gasteiger partial charge on any atom is 0.135 e. The lowest BCUT2D eigenvalue weighted by Crippen LogP contribution is -2.24. The van der Waals surface area contributed by atoms with Crippen LogP contribution in [-0.4, -0.2) is 22.6 Å². The zero-order valence-electron chi connectivity index (χ0n) is 12.4. The van der Waals surface area contributed by atoms with E-state index in [1.165, 1.54) is 37.7 Å². The zero-order chi connectivity index (χ0) is 13.7. The summed E-state index contributed by atoms with van der Waals surface area (Å²) in [6, 6.07) is 0.579. The number of aromatic nitrogens is 2. The Bertz CT molecular complexity index is 397. The van der Waals surface area contributed by atoms with Gasteiger partial charge < -0.3 is 10.6 Å². The molecule has 0 amide bonds. The van der Waals surface area contributed by atoms with Gasteiger partial charge in [0.2, 0.25) is 0 Å². The minimum absolute atomic E-state index is 0.418. The van der Waals surface area contributed by atoms with Crippen molar-refractivity contribution in [2.75, 3.05) is 17.2 Å². The molecular formula is C15H26N4. The summed E-state index contributed by atoms with van der Waals surface area (Å²) in [7, 11) is 0. The van der Waals surface area contributed by atoms with Gasteiger partial charge in [-0.05, 0) is 25.7 Å². The van der Waals surface area contributed by atoms with Crippen molar-refractivity contribution in [3.8, 4) is 0 Å². The van der Waals surface area contributed by atoms with Gasteiger partial charge in [0, 0.05) is 18.2 Å². The molecular weight excluding hydrogens is 236 g/mol. The van der Waals surface area contributed by atoms with Crippen LogP contribution in [0.5, 0.6) is 0 Å². The van der Waals surface area contributed by atoms with E-state index in [-0.39, 0.29) is 0 Å². The molecule has 1 aromatic rings. The Morgan fingerprint density at radius 3 is 2.47 bits per heavy atom. The molecule has 0 unspecified atom stereocenters. The lowest BCUT2D eigenvalue weighted by molar-refractivity contribution is 0.461. The summed E-state index contributed by atoms with van der Waals surface area (Å²) in [6.45, 7) is 7.39. The lowest BCUT2D eigenvalue weighted by Gasteiger charge is -2.25. The van der Waals surface area contributed by atoms with Crippen LogP contribution in [0.4, 0.5) is 11.6 Å². The normalized spacial score (nSPS) is 16.6. The molecule has 0 radical (unpaired) electrons. The maximum atomic E-state index is 4.47. The van der Waals surface area contributed by atoms with E-state index in [1.807, 2.05) is 0 Å². The average Bonchev–Trinajstić information content (AvgIpc) is 2.40. The van der Waals surface area contributed by atoms with Crippen LogP contribution in [0.1, 0.15) is 64.4 Å². The summed E-state index contributed by atoms with van der Waals surface area (Å²) in [5.74, 6) is 2.42. The summed E-state index contributed by atoms with van der Waals surface area (Å²) in [6.07, 6.45) is 8.23. The Morgan fingerprint density at radius 2 is 1.84 bits per heavy atom. The lowest BCUT2D eigenvalue weighted by atomic mass is 9.95. The van der Waals surface area contributed by atoms with Crippen molar-refractivity contribution in [1.82, 2.24) is 9.97 Å². The third-order valence-corrected chi connectivity index (χ3v) is 3.75. The van der Waals surface area contributed by atoms with Gasteiger partial charge in [0.05, 0.1) is 0 Å². The van der Waals surface area contributed by atoms with Gasteiger partial charge in [-0.3, -0.25) is 0 Å². The van der Waals surface area contributed by atoms with Gasteiger partial charge in [-0.25, -0.2) is 9.97 Å². The monoisotopic (exact) mass is 262 g/mol. The molecule has 0 saturated heterocycles. The second-order valence-corrected chi connectivity index (χ2v) is 5.65. The van der Waals surface area contributed by atoms with Crippen molar-refractivity contribution in [2.45, 2.75) is 64.8 Å². The van der Waals surface area contributed by atoms with E-state index < -0.39 is 0 Å². The highest BCUT2D eigenvalue weighted by Crippen LogP contribution is 2.30. The highest BCUT2D eigenvalue weighted by Gasteiger charge is 2.19. The predicted octanol–water partition coefficient (Wildman–Crippen LogP) is 3.78. The van der Waals surface area contributed by atoms with Crippen molar-refractivity contribution in [3.63, 3.8) is 0 Å². The first-order valence-corrected chi connectivity index (χ1v) is 7.57. The third kappa shape index (κ3) is 3.58. The van der Waals surface area contributed by atoms with E-state index in [4.69, 9.17) is 0 Å². The molecule has 19 heavy (non-hydrogen) atoms. The van der Waals surface area contributed by atoms with Gasteiger partial charge in [0.15, 0.2) is 0 Å². The fraction of sp³-hybridized carbons (Fsp3) is 0.733. The molecule has 0 aliphatic heterocycles. The van der Waals surface area contributed by atoms with Gasteiger partial charge in [-0.15, -0.1) is 0 Å². The fourth-order valence-electron chi connectivity index (χ4n) is 2.81. The minimum atomic E-state index is 0.418.